The number of aromatic nitrogens is 2. The largest absolute Gasteiger partial charge is 0.352 e. The molecule has 0 unspecified atom stereocenters. The number of halogens is 1. The lowest BCUT2D eigenvalue weighted by Crippen LogP contribution is -2.47. The van der Waals surface area contributed by atoms with Crippen LogP contribution in [0.3, 0.4) is 0 Å². The molecular formula is C11H17ClN4. The van der Waals surface area contributed by atoms with Gasteiger partial charge in [-0.1, -0.05) is 30.9 Å². The molecule has 2 rings (SSSR count). The SMILES string of the molecule is NC1(CNc2ncc(Cl)cn2)CCCCC1. The Morgan fingerprint density at radius 1 is 1.25 bits per heavy atom. The van der Waals surface area contributed by atoms with Crippen molar-refractivity contribution < 1.29 is 0 Å². The van der Waals surface area contributed by atoms with Crippen molar-refractivity contribution in [2.24, 2.45) is 5.73 Å². The summed E-state index contributed by atoms with van der Waals surface area (Å²) in [6.07, 6.45) is 9.07. The number of hydrogen-bond acceptors (Lipinski definition) is 4. The van der Waals surface area contributed by atoms with Gasteiger partial charge in [0.15, 0.2) is 0 Å². The fourth-order valence-electron chi connectivity index (χ4n) is 2.09. The predicted octanol–water partition coefficient (Wildman–Crippen LogP) is 2.20. The van der Waals surface area contributed by atoms with Crippen LogP contribution in [0.2, 0.25) is 5.02 Å². The fraction of sp³-hybridized carbons (Fsp3) is 0.636. The molecule has 1 fully saturated rings. The first-order chi connectivity index (χ1) is 7.68. The van der Waals surface area contributed by atoms with Crippen molar-refractivity contribution in [3.05, 3.63) is 17.4 Å². The van der Waals surface area contributed by atoms with Gasteiger partial charge < -0.3 is 11.1 Å². The standard InChI is InChI=1S/C11H17ClN4/c12-9-6-14-10(15-7-9)16-8-11(13)4-2-1-3-5-11/h6-7H,1-5,8,13H2,(H,14,15,16). The van der Waals surface area contributed by atoms with Crippen LogP contribution >= 0.6 is 11.6 Å². The van der Waals surface area contributed by atoms with Crippen molar-refractivity contribution in [3.8, 4) is 0 Å². The van der Waals surface area contributed by atoms with Crippen LogP contribution in [-0.2, 0) is 0 Å². The second-order valence-electron chi connectivity index (χ2n) is 4.50. The Hall–Kier alpha value is -0.870. The molecule has 1 aromatic rings. The van der Waals surface area contributed by atoms with Crippen LogP contribution in [0.25, 0.3) is 0 Å². The first kappa shape index (κ1) is 11.6. The fourth-order valence-corrected chi connectivity index (χ4v) is 2.19. The summed E-state index contributed by atoms with van der Waals surface area (Å²) in [5.41, 5.74) is 6.20. The summed E-state index contributed by atoms with van der Waals surface area (Å²) in [6, 6.07) is 0. The van der Waals surface area contributed by atoms with Crippen LogP contribution in [0.15, 0.2) is 12.4 Å². The molecule has 1 aliphatic rings. The number of rotatable bonds is 3. The molecule has 0 bridgehead atoms. The Morgan fingerprint density at radius 2 is 1.88 bits per heavy atom. The lowest BCUT2D eigenvalue weighted by Gasteiger charge is -2.33. The molecule has 3 N–H and O–H groups in total. The van der Waals surface area contributed by atoms with Crippen LogP contribution in [0.1, 0.15) is 32.1 Å². The van der Waals surface area contributed by atoms with Crippen molar-refractivity contribution in [2.75, 3.05) is 11.9 Å². The van der Waals surface area contributed by atoms with Crippen molar-refractivity contribution in [3.63, 3.8) is 0 Å². The summed E-state index contributed by atoms with van der Waals surface area (Å²) >= 11 is 5.71. The van der Waals surface area contributed by atoms with E-state index in [0.717, 1.165) is 19.4 Å². The minimum Gasteiger partial charge on any atom is -0.352 e. The van der Waals surface area contributed by atoms with Gasteiger partial charge in [0.1, 0.15) is 0 Å². The van der Waals surface area contributed by atoms with Crippen LogP contribution in [0, 0.1) is 0 Å². The van der Waals surface area contributed by atoms with E-state index in [1.807, 2.05) is 0 Å². The summed E-state index contributed by atoms with van der Waals surface area (Å²) in [6.45, 7) is 0.731. The van der Waals surface area contributed by atoms with Gasteiger partial charge in [0.05, 0.1) is 17.4 Å². The van der Waals surface area contributed by atoms with E-state index in [4.69, 9.17) is 17.3 Å². The van der Waals surface area contributed by atoms with E-state index in [1.54, 1.807) is 12.4 Å². The minimum atomic E-state index is -0.0960. The first-order valence-electron chi connectivity index (χ1n) is 5.68. The Labute approximate surface area is 101 Å². The topological polar surface area (TPSA) is 63.8 Å². The number of anilines is 1. The first-order valence-corrected chi connectivity index (χ1v) is 6.06. The van der Waals surface area contributed by atoms with Crippen molar-refractivity contribution in [1.82, 2.24) is 9.97 Å². The highest BCUT2D eigenvalue weighted by molar-refractivity contribution is 6.30. The highest BCUT2D eigenvalue weighted by Gasteiger charge is 2.27. The maximum Gasteiger partial charge on any atom is 0.222 e. The lowest BCUT2D eigenvalue weighted by atomic mass is 9.82. The highest BCUT2D eigenvalue weighted by Crippen LogP contribution is 2.25. The second kappa shape index (κ2) is 4.97. The molecule has 0 radical (unpaired) electrons. The molecule has 5 heteroatoms. The summed E-state index contributed by atoms with van der Waals surface area (Å²) in [5, 5.41) is 3.72. The molecule has 0 amide bonds. The molecule has 1 saturated carbocycles. The van der Waals surface area contributed by atoms with E-state index in [-0.39, 0.29) is 5.54 Å². The van der Waals surface area contributed by atoms with Crippen LogP contribution in [0.5, 0.6) is 0 Å². The van der Waals surface area contributed by atoms with Crippen LogP contribution < -0.4 is 11.1 Å². The van der Waals surface area contributed by atoms with Gasteiger partial charge in [-0.3, -0.25) is 0 Å². The van der Waals surface area contributed by atoms with Crippen molar-refractivity contribution in [2.45, 2.75) is 37.6 Å². The van der Waals surface area contributed by atoms with E-state index < -0.39 is 0 Å². The number of nitrogens with one attached hydrogen (secondary N) is 1. The van der Waals surface area contributed by atoms with E-state index >= 15 is 0 Å². The molecule has 88 valence electrons. The molecule has 0 spiro atoms. The summed E-state index contributed by atoms with van der Waals surface area (Å²) in [5.74, 6) is 0.597. The van der Waals surface area contributed by atoms with E-state index in [1.165, 1.54) is 19.3 Å². The number of hydrogen-bond donors (Lipinski definition) is 2. The predicted molar refractivity (Wildman–Crippen MR) is 65.5 cm³/mol. The maximum absolute atomic E-state index is 6.29. The summed E-state index contributed by atoms with van der Waals surface area (Å²) in [7, 11) is 0. The second-order valence-corrected chi connectivity index (χ2v) is 4.94. The zero-order valence-corrected chi connectivity index (χ0v) is 10.0. The molecule has 0 atom stereocenters. The average molecular weight is 241 g/mol. The van der Waals surface area contributed by atoms with Crippen molar-refractivity contribution >= 4 is 17.5 Å². The Morgan fingerprint density at radius 3 is 2.50 bits per heavy atom. The van der Waals surface area contributed by atoms with Gasteiger partial charge >= 0.3 is 0 Å². The smallest absolute Gasteiger partial charge is 0.222 e. The quantitative estimate of drug-likeness (QED) is 0.850. The zero-order valence-electron chi connectivity index (χ0n) is 9.25. The van der Waals surface area contributed by atoms with Gasteiger partial charge in [-0.05, 0) is 12.8 Å². The van der Waals surface area contributed by atoms with Gasteiger partial charge in [-0.15, -0.1) is 0 Å². The van der Waals surface area contributed by atoms with Gasteiger partial charge in [0, 0.05) is 12.1 Å². The third-order valence-corrected chi connectivity index (χ3v) is 3.26. The summed E-state index contributed by atoms with van der Waals surface area (Å²) in [4.78, 5) is 8.17. The lowest BCUT2D eigenvalue weighted by molar-refractivity contribution is 0.311. The molecule has 1 aliphatic carbocycles. The average Bonchev–Trinajstić information content (AvgIpc) is 2.29. The Kier molecular flexibility index (Phi) is 3.61. The van der Waals surface area contributed by atoms with Gasteiger partial charge in [-0.2, -0.15) is 0 Å². The van der Waals surface area contributed by atoms with Gasteiger partial charge in [0.2, 0.25) is 5.95 Å². The number of nitrogens with zero attached hydrogens (tertiary/aromatic N) is 2. The monoisotopic (exact) mass is 240 g/mol. The third-order valence-electron chi connectivity index (χ3n) is 3.07. The molecule has 0 aromatic carbocycles. The van der Waals surface area contributed by atoms with Gasteiger partial charge in [0.25, 0.3) is 0 Å². The van der Waals surface area contributed by atoms with Gasteiger partial charge in [-0.25, -0.2) is 9.97 Å². The van der Waals surface area contributed by atoms with E-state index in [0.29, 0.717) is 11.0 Å². The normalized spacial score (nSPS) is 19.4. The number of nitrogens with two attached hydrogens (primary N) is 1. The van der Waals surface area contributed by atoms with Crippen LogP contribution in [-0.4, -0.2) is 22.1 Å². The Bertz CT molecular complexity index is 332. The molecule has 4 nitrogen and oxygen atoms in total. The summed E-state index contributed by atoms with van der Waals surface area (Å²) < 4.78 is 0. The van der Waals surface area contributed by atoms with Crippen molar-refractivity contribution in [1.29, 1.82) is 0 Å². The Balaban J connectivity index is 1.88. The molecular weight excluding hydrogens is 224 g/mol. The molecule has 0 saturated heterocycles. The zero-order chi connectivity index (χ0) is 11.4. The molecule has 1 heterocycles. The molecule has 1 aromatic heterocycles. The van der Waals surface area contributed by atoms with E-state index in [9.17, 15) is 0 Å². The van der Waals surface area contributed by atoms with E-state index in [2.05, 4.69) is 15.3 Å². The maximum atomic E-state index is 6.29. The minimum absolute atomic E-state index is 0.0960. The van der Waals surface area contributed by atoms with Crippen LogP contribution in [0.4, 0.5) is 5.95 Å². The third kappa shape index (κ3) is 3.06. The highest BCUT2D eigenvalue weighted by atomic mass is 35.5. The molecule has 0 aliphatic heterocycles. The molecule has 16 heavy (non-hydrogen) atoms.